The highest BCUT2D eigenvalue weighted by Gasteiger charge is 2.13. The quantitative estimate of drug-likeness (QED) is 0.344. The molecular formula is C20H12Cl2N2O3. The van der Waals surface area contributed by atoms with Crippen molar-refractivity contribution < 1.29 is 14.3 Å². The van der Waals surface area contributed by atoms with Gasteiger partial charge in [-0.15, -0.1) is 0 Å². The van der Waals surface area contributed by atoms with Crippen molar-refractivity contribution in [2.75, 3.05) is 5.32 Å². The summed E-state index contributed by atoms with van der Waals surface area (Å²) < 4.78 is 5.67. The van der Waals surface area contributed by atoms with Crippen molar-refractivity contribution in [1.82, 2.24) is 0 Å². The number of hydrogen-bond donors (Lipinski definition) is 2. The highest BCUT2D eigenvalue weighted by molar-refractivity contribution is 6.36. The third-order valence-electron chi connectivity index (χ3n) is 3.60. The van der Waals surface area contributed by atoms with E-state index in [2.05, 4.69) is 5.32 Å². The summed E-state index contributed by atoms with van der Waals surface area (Å²) in [4.78, 5) is 12.3. The van der Waals surface area contributed by atoms with Gasteiger partial charge in [-0.05, 0) is 54.6 Å². The Morgan fingerprint density at radius 3 is 2.52 bits per heavy atom. The molecule has 1 amide bonds. The number of furan rings is 1. The fourth-order valence-electron chi connectivity index (χ4n) is 2.30. The van der Waals surface area contributed by atoms with E-state index in [1.54, 1.807) is 30.3 Å². The van der Waals surface area contributed by atoms with Gasteiger partial charge in [0.15, 0.2) is 0 Å². The van der Waals surface area contributed by atoms with Crippen molar-refractivity contribution in [2.45, 2.75) is 0 Å². The number of halogens is 2. The standard InChI is InChI=1S/C20H12Cl2N2O3/c21-13-1-7-17(18(22)10-13)19-8-6-16(27-19)9-12(11-23)20(26)24-14-2-4-15(25)5-3-14/h1-10,25H,(H,24,26)/b12-9+. The Kier molecular flexibility index (Phi) is 5.51. The molecule has 2 aromatic carbocycles. The van der Waals surface area contributed by atoms with E-state index in [4.69, 9.17) is 27.6 Å². The second-order valence-electron chi connectivity index (χ2n) is 5.50. The molecule has 0 atom stereocenters. The average Bonchev–Trinajstić information content (AvgIpc) is 3.09. The van der Waals surface area contributed by atoms with E-state index >= 15 is 0 Å². The van der Waals surface area contributed by atoms with E-state index in [0.29, 0.717) is 32.8 Å². The van der Waals surface area contributed by atoms with Gasteiger partial charge in [-0.2, -0.15) is 5.26 Å². The van der Waals surface area contributed by atoms with Crippen molar-refractivity contribution >= 4 is 40.9 Å². The zero-order chi connectivity index (χ0) is 19.4. The van der Waals surface area contributed by atoms with Crippen molar-refractivity contribution in [3.63, 3.8) is 0 Å². The van der Waals surface area contributed by atoms with Crippen LogP contribution in [-0.4, -0.2) is 11.0 Å². The molecule has 7 heteroatoms. The molecule has 0 radical (unpaired) electrons. The Labute approximate surface area is 165 Å². The second-order valence-corrected chi connectivity index (χ2v) is 6.34. The van der Waals surface area contributed by atoms with E-state index in [9.17, 15) is 15.2 Å². The zero-order valence-electron chi connectivity index (χ0n) is 13.7. The zero-order valence-corrected chi connectivity index (χ0v) is 15.3. The fraction of sp³-hybridized carbons (Fsp3) is 0. The molecule has 0 aliphatic carbocycles. The van der Waals surface area contributed by atoms with Crippen LogP contribution < -0.4 is 5.32 Å². The van der Waals surface area contributed by atoms with Crippen molar-refractivity contribution in [3.8, 4) is 23.1 Å². The van der Waals surface area contributed by atoms with E-state index in [-0.39, 0.29) is 11.3 Å². The van der Waals surface area contributed by atoms with E-state index in [0.717, 1.165) is 0 Å². The maximum atomic E-state index is 12.3. The predicted molar refractivity (Wildman–Crippen MR) is 104 cm³/mol. The van der Waals surface area contributed by atoms with Gasteiger partial charge in [0, 0.05) is 22.3 Å². The molecule has 3 aromatic rings. The Morgan fingerprint density at radius 1 is 1.11 bits per heavy atom. The number of rotatable bonds is 4. The number of nitrogens with zero attached hydrogens (tertiary/aromatic N) is 1. The summed E-state index contributed by atoms with van der Waals surface area (Å²) in [5.41, 5.74) is 0.964. The maximum Gasteiger partial charge on any atom is 0.266 e. The number of hydrogen-bond acceptors (Lipinski definition) is 4. The van der Waals surface area contributed by atoms with Gasteiger partial charge in [-0.25, -0.2) is 0 Å². The molecule has 3 rings (SSSR count). The summed E-state index contributed by atoms with van der Waals surface area (Å²) in [6.07, 6.45) is 1.34. The number of carbonyl (C=O) groups excluding carboxylic acids is 1. The fourth-order valence-corrected chi connectivity index (χ4v) is 2.80. The van der Waals surface area contributed by atoms with Crippen LogP contribution in [0.4, 0.5) is 5.69 Å². The number of nitriles is 1. The molecule has 0 aliphatic rings. The minimum atomic E-state index is -0.592. The molecule has 0 unspecified atom stereocenters. The summed E-state index contributed by atoms with van der Waals surface area (Å²) in [6.45, 7) is 0. The summed E-state index contributed by atoms with van der Waals surface area (Å²) in [6, 6.07) is 16.1. The van der Waals surface area contributed by atoms with Gasteiger partial charge < -0.3 is 14.8 Å². The van der Waals surface area contributed by atoms with Crippen LogP contribution in [0.25, 0.3) is 17.4 Å². The third-order valence-corrected chi connectivity index (χ3v) is 4.15. The van der Waals surface area contributed by atoms with E-state index in [1.807, 2.05) is 6.07 Å². The number of phenolic OH excluding ortho intramolecular Hbond substituents is 1. The highest BCUT2D eigenvalue weighted by Crippen LogP contribution is 2.32. The lowest BCUT2D eigenvalue weighted by molar-refractivity contribution is -0.112. The number of aromatic hydroxyl groups is 1. The lowest BCUT2D eigenvalue weighted by Crippen LogP contribution is -2.13. The first kappa shape index (κ1) is 18.6. The molecular weight excluding hydrogens is 387 g/mol. The summed E-state index contributed by atoms with van der Waals surface area (Å²) in [5.74, 6) is 0.297. The van der Waals surface area contributed by atoms with Crippen LogP contribution in [-0.2, 0) is 4.79 Å². The van der Waals surface area contributed by atoms with Crippen LogP contribution >= 0.6 is 23.2 Å². The SMILES string of the molecule is N#C/C(=C\c1ccc(-c2ccc(Cl)cc2Cl)o1)C(=O)Nc1ccc(O)cc1. The minimum Gasteiger partial charge on any atom is -0.508 e. The largest absolute Gasteiger partial charge is 0.508 e. The van der Waals surface area contributed by atoms with Crippen LogP contribution in [0.15, 0.2) is 64.6 Å². The number of phenols is 1. The number of anilines is 1. The molecule has 5 nitrogen and oxygen atoms in total. The van der Waals surface area contributed by atoms with Gasteiger partial charge in [-0.1, -0.05) is 23.2 Å². The van der Waals surface area contributed by atoms with Crippen LogP contribution in [0.2, 0.25) is 10.0 Å². The Balaban J connectivity index is 1.82. The summed E-state index contributed by atoms with van der Waals surface area (Å²) in [5, 5.41) is 22.1. The molecule has 2 N–H and O–H groups in total. The Bertz CT molecular complexity index is 1060. The number of amides is 1. The summed E-state index contributed by atoms with van der Waals surface area (Å²) in [7, 11) is 0. The third kappa shape index (κ3) is 4.50. The van der Waals surface area contributed by atoms with E-state index in [1.165, 1.54) is 30.3 Å². The molecule has 134 valence electrons. The van der Waals surface area contributed by atoms with Gasteiger partial charge >= 0.3 is 0 Å². The first-order chi connectivity index (χ1) is 13.0. The Morgan fingerprint density at radius 2 is 1.85 bits per heavy atom. The van der Waals surface area contributed by atoms with Gasteiger partial charge in [-0.3, -0.25) is 4.79 Å². The average molecular weight is 399 g/mol. The van der Waals surface area contributed by atoms with Gasteiger partial charge in [0.1, 0.15) is 28.9 Å². The first-order valence-electron chi connectivity index (χ1n) is 7.73. The number of nitrogens with one attached hydrogen (secondary N) is 1. The van der Waals surface area contributed by atoms with Crippen LogP contribution in [0.3, 0.4) is 0 Å². The van der Waals surface area contributed by atoms with Gasteiger partial charge in [0.2, 0.25) is 0 Å². The second kappa shape index (κ2) is 8.00. The van der Waals surface area contributed by atoms with Crippen molar-refractivity contribution in [1.29, 1.82) is 5.26 Å². The number of carbonyl (C=O) groups is 1. The highest BCUT2D eigenvalue weighted by atomic mass is 35.5. The minimum absolute atomic E-state index is 0.0769. The molecule has 0 bridgehead atoms. The van der Waals surface area contributed by atoms with Crippen LogP contribution in [0, 0.1) is 11.3 Å². The molecule has 0 saturated heterocycles. The van der Waals surface area contributed by atoms with Crippen molar-refractivity contribution in [2.24, 2.45) is 0 Å². The molecule has 0 spiro atoms. The van der Waals surface area contributed by atoms with Crippen molar-refractivity contribution in [3.05, 3.63) is 76.0 Å². The molecule has 0 fully saturated rings. The molecule has 1 heterocycles. The smallest absolute Gasteiger partial charge is 0.266 e. The van der Waals surface area contributed by atoms with Crippen LogP contribution in [0.5, 0.6) is 5.75 Å². The normalized spacial score (nSPS) is 11.1. The number of benzene rings is 2. The molecule has 1 aromatic heterocycles. The van der Waals surface area contributed by atoms with Gasteiger partial charge in [0.25, 0.3) is 5.91 Å². The lowest BCUT2D eigenvalue weighted by atomic mass is 10.2. The lowest BCUT2D eigenvalue weighted by Gasteiger charge is -2.04. The molecule has 0 saturated carbocycles. The summed E-state index contributed by atoms with van der Waals surface area (Å²) >= 11 is 12.1. The molecule has 27 heavy (non-hydrogen) atoms. The van der Waals surface area contributed by atoms with Crippen LogP contribution in [0.1, 0.15) is 5.76 Å². The topological polar surface area (TPSA) is 86.3 Å². The monoisotopic (exact) mass is 398 g/mol. The predicted octanol–water partition coefficient (Wildman–Crippen LogP) is 5.50. The first-order valence-corrected chi connectivity index (χ1v) is 8.49. The maximum absolute atomic E-state index is 12.3. The van der Waals surface area contributed by atoms with E-state index < -0.39 is 5.91 Å². The Hall–Kier alpha value is -3.20. The van der Waals surface area contributed by atoms with Gasteiger partial charge in [0.05, 0.1) is 5.02 Å². The molecule has 0 aliphatic heterocycles.